The van der Waals surface area contributed by atoms with Crippen molar-refractivity contribution in [3.63, 3.8) is 0 Å². The lowest BCUT2D eigenvalue weighted by atomic mass is 10.1. The van der Waals surface area contributed by atoms with Crippen LogP contribution < -0.4 is 20.5 Å². The van der Waals surface area contributed by atoms with E-state index in [-0.39, 0.29) is 6.04 Å². The second kappa shape index (κ2) is 11.2. The molecule has 0 unspecified atom stereocenters. The van der Waals surface area contributed by atoms with Crippen molar-refractivity contribution >= 4 is 23.1 Å². The van der Waals surface area contributed by atoms with Crippen LogP contribution in [0.3, 0.4) is 0 Å². The predicted octanol–water partition coefficient (Wildman–Crippen LogP) is 3.23. The van der Waals surface area contributed by atoms with E-state index in [9.17, 15) is 0 Å². The highest BCUT2D eigenvalue weighted by atomic mass is 35.5. The average Bonchev–Trinajstić information content (AvgIpc) is 3.35. The molecule has 192 valence electrons. The minimum atomic E-state index is 0.0355. The van der Waals surface area contributed by atoms with Gasteiger partial charge < -0.3 is 20.5 Å². The predicted molar refractivity (Wildman–Crippen MR) is 142 cm³/mol. The Bertz CT molecular complexity index is 1470. The third-order valence-electron chi connectivity index (χ3n) is 5.45. The molecular weight excluding hydrogens is 494 g/mol. The summed E-state index contributed by atoms with van der Waals surface area (Å²) in [6.07, 6.45) is 5.74. The van der Waals surface area contributed by atoms with Crippen LogP contribution in [0.15, 0.2) is 30.7 Å². The maximum atomic E-state index is 6.17. The Hall–Kier alpha value is -4.30. The summed E-state index contributed by atoms with van der Waals surface area (Å²) in [5, 5.41) is 12.5. The summed E-state index contributed by atoms with van der Waals surface area (Å²) in [6, 6.07) is 3.43. The van der Waals surface area contributed by atoms with E-state index in [0.717, 1.165) is 16.9 Å². The molecule has 4 aromatic rings. The zero-order chi connectivity index (χ0) is 26.5. The van der Waals surface area contributed by atoms with Gasteiger partial charge in [-0.05, 0) is 26.0 Å². The fourth-order valence-electron chi connectivity index (χ4n) is 3.71. The van der Waals surface area contributed by atoms with E-state index in [1.807, 2.05) is 21.0 Å². The molecule has 4 rings (SSSR count). The SMILES string of the molecule is COc1nn(C)cc1C#Cc1cnc(Cl)cc1N[C@@H](C)CCOc1c(-c2nccc(N)n2)c(C)nn1C. The van der Waals surface area contributed by atoms with Crippen LogP contribution in [0.4, 0.5) is 11.5 Å². The van der Waals surface area contributed by atoms with Crippen molar-refractivity contribution in [3.8, 4) is 35.0 Å². The Morgan fingerprint density at radius 3 is 2.73 bits per heavy atom. The maximum absolute atomic E-state index is 6.17. The van der Waals surface area contributed by atoms with E-state index in [0.29, 0.717) is 52.7 Å². The molecule has 4 aromatic heterocycles. The first-order valence-corrected chi connectivity index (χ1v) is 11.9. The van der Waals surface area contributed by atoms with Crippen LogP contribution in [0.25, 0.3) is 11.4 Å². The van der Waals surface area contributed by atoms with E-state index in [4.69, 9.17) is 26.8 Å². The van der Waals surface area contributed by atoms with Crippen molar-refractivity contribution in [2.45, 2.75) is 26.3 Å². The molecule has 0 aliphatic rings. The molecule has 0 saturated carbocycles. The first-order valence-electron chi connectivity index (χ1n) is 11.5. The maximum Gasteiger partial charge on any atom is 0.248 e. The molecule has 4 heterocycles. The molecule has 0 aromatic carbocycles. The number of rotatable bonds is 8. The van der Waals surface area contributed by atoms with E-state index < -0.39 is 0 Å². The van der Waals surface area contributed by atoms with Crippen LogP contribution >= 0.6 is 11.6 Å². The van der Waals surface area contributed by atoms with Crippen LogP contribution in [-0.2, 0) is 14.1 Å². The number of nitrogens with zero attached hydrogens (tertiary/aromatic N) is 7. The van der Waals surface area contributed by atoms with Crippen LogP contribution in [0.1, 0.15) is 30.2 Å². The second-order valence-corrected chi connectivity index (χ2v) is 8.79. The number of nitrogens with two attached hydrogens (primary N) is 1. The normalized spacial score (nSPS) is 11.5. The standard InChI is InChI=1S/C25H28ClN9O2/c1-15(9-11-37-25-22(16(2)32-35(25)4)23-28-10-8-21(27)31-23)30-19-12-20(26)29-13-17(19)6-7-18-14-34(3)33-24(18)36-5/h8,10,12-15H,9,11H2,1-5H3,(H,29,30)(H2,27,28,31)/t15-/m0/s1. The van der Waals surface area contributed by atoms with E-state index in [1.165, 1.54) is 0 Å². The van der Waals surface area contributed by atoms with Gasteiger partial charge in [-0.1, -0.05) is 23.4 Å². The number of hydrogen-bond donors (Lipinski definition) is 2. The van der Waals surface area contributed by atoms with Crippen molar-refractivity contribution in [1.29, 1.82) is 0 Å². The Morgan fingerprint density at radius 1 is 1.19 bits per heavy atom. The van der Waals surface area contributed by atoms with Gasteiger partial charge in [0.25, 0.3) is 0 Å². The molecule has 0 fully saturated rings. The molecule has 0 aliphatic carbocycles. The summed E-state index contributed by atoms with van der Waals surface area (Å²) in [7, 11) is 5.19. The Labute approximate surface area is 220 Å². The van der Waals surface area contributed by atoms with Gasteiger partial charge in [0.2, 0.25) is 11.8 Å². The largest absolute Gasteiger partial charge is 0.479 e. The molecule has 37 heavy (non-hydrogen) atoms. The first kappa shape index (κ1) is 25.8. The summed E-state index contributed by atoms with van der Waals surface area (Å²) in [6.45, 7) is 4.36. The lowest BCUT2D eigenvalue weighted by molar-refractivity contribution is 0.280. The average molecular weight is 522 g/mol. The second-order valence-electron chi connectivity index (χ2n) is 8.41. The van der Waals surface area contributed by atoms with Crippen molar-refractivity contribution in [1.82, 2.24) is 34.5 Å². The molecule has 0 aliphatic heterocycles. The number of nitrogen functional groups attached to an aromatic ring is 1. The highest BCUT2D eigenvalue weighted by Gasteiger charge is 2.20. The number of pyridine rings is 1. The molecule has 0 bridgehead atoms. The van der Waals surface area contributed by atoms with Gasteiger partial charge in [0.1, 0.15) is 22.1 Å². The highest BCUT2D eigenvalue weighted by Crippen LogP contribution is 2.31. The van der Waals surface area contributed by atoms with Gasteiger partial charge in [0.05, 0.1) is 30.7 Å². The quantitative estimate of drug-likeness (QED) is 0.265. The third-order valence-corrected chi connectivity index (χ3v) is 5.66. The van der Waals surface area contributed by atoms with Gasteiger partial charge in [-0.15, -0.1) is 5.10 Å². The topological polar surface area (TPSA) is 131 Å². The van der Waals surface area contributed by atoms with Gasteiger partial charge in [-0.3, -0.25) is 4.68 Å². The van der Waals surface area contributed by atoms with E-state index in [2.05, 4.69) is 49.2 Å². The molecular formula is C25H28ClN9O2. The fourth-order valence-corrected chi connectivity index (χ4v) is 3.87. The van der Waals surface area contributed by atoms with Crippen LogP contribution in [0.2, 0.25) is 5.15 Å². The number of aromatic nitrogens is 7. The minimum absolute atomic E-state index is 0.0355. The summed E-state index contributed by atoms with van der Waals surface area (Å²) in [5.41, 5.74) is 9.48. The van der Waals surface area contributed by atoms with Gasteiger partial charge in [0.15, 0.2) is 5.82 Å². The number of aryl methyl sites for hydroxylation is 3. The molecule has 12 heteroatoms. The van der Waals surface area contributed by atoms with Gasteiger partial charge in [-0.2, -0.15) is 5.10 Å². The van der Waals surface area contributed by atoms with Crippen molar-refractivity contribution in [3.05, 3.63) is 52.7 Å². The zero-order valence-corrected chi connectivity index (χ0v) is 22.0. The van der Waals surface area contributed by atoms with Gasteiger partial charge in [-0.25, -0.2) is 19.6 Å². The summed E-state index contributed by atoms with van der Waals surface area (Å²) in [4.78, 5) is 12.8. The van der Waals surface area contributed by atoms with Crippen molar-refractivity contribution in [2.24, 2.45) is 14.1 Å². The lowest BCUT2D eigenvalue weighted by Gasteiger charge is -2.17. The molecule has 1 atom stereocenters. The molecule has 0 amide bonds. The Kier molecular flexibility index (Phi) is 7.79. The van der Waals surface area contributed by atoms with E-state index >= 15 is 0 Å². The lowest BCUT2D eigenvalue weighted by Crippen LogP contribution is -2.19. The summed E-state index contributed by atoms with van der Waals surface area (Å²) in [5.74, 6) is 8.14. The fraction of sp³-hybridized carbons (Fsp3) is 0.320. The minimum Gasteiger partial charge on any atom is -0.479 e. The first-order chi connectivity index (χ1) is 17.7. The molecule has 0 spiro atoms. The monoisotopic (exact) mass is 521 g/mol. The van der Waals surface area contributed by atoms with Crippen LogP contribution in [0, 0.1) is 18.8 Å². The van der Waals surface area contributed by atoms with Crippen molar-refractivity contribution < 1.29 is 9.47 Å². The number of ether oxygens (including phenoxy) is 2. The van der Waals surface area contributed by atoms with Gasteiger partial charge >= 0.3 is 0 Å². The third kappa shape index (κ3) is 6.10. The van der Waals surface area contributed by atoms with E-state index in [1.54, 1.807) is 47.2 Å². The highest BCUT2D eigenvalue weighted by molar-refractivity contribution is 6.29. The number of hydrogen-bond acceptors (Lipinski definition) is 9. The number of halogens is 1. The Balaban J connectivity index is 1.45. The Morgan fingerprint density at radius 2 is 1.97 bits per heavy atom. The number of methoxy groups -OCH3 is 1. The summed E-state index contributed by atoms with van der Waals surface area (Å²) < 4.78 is 14.7. The van der Waals surface area contributed by atoms with Crippen LogP contribution in [0.5, 0.6) is 11.8 Å². The van der Waals surface area contributed by atoms with Crippen molar-refractivity contribution in [2.75, 3.05) is 24.8 Å². The molecule has 11 nitrogen and oxygen atoms in total. The molecule has 0 radical (unpaired) electrons. The summed E-state index contributed by atoms with van der Waals surface area (Å²) >= 11 is 6.17. The number of nitrogens with one attached hydrogen (secondary N) is 1. The molecule has 3 N–H and O–H groups in total. The van der Waals surface area contributed by atoms with Crippen LogP contribution in [-0.4, -0.2) is 54.3 Å². The van der Waals surface area contributed by atoms with Gasteiger partial charge in [0, 0.05) is 45.1 Å². The zero-order valence-electron chi connectivity index (χ0n) is 21.3. The molecule has 0 saturated heterocycles. The number of anilines is 2. The smallest absolute Gasteiger partial charge is 0.248 e.